The zero-order valence-electron chi connectivity index (χ0n) is 24.7. The van der Waals surface area contributed by atoms with E-state index in [0.717, 1.165) is 34.7 Å². The monoisotopic (exact) mass is 625 g/mol. The molecule has 1 saturated heterocycles. The van der Waals surface area contributed by atoms with Gasteiger partial charge >= 0.3 is 6.09 Å². The number of thiophene rings is 1. The third-order valence-corrected chi connectivity index (χ3v) is 8.56. The molecule has 12 heteroatoms. The number of fused-ring (bicyclic) bond motifs is 1. The van der Waals surface area contributed by atoms with Crippen LogP contribution >= 0.6 is 22.9 Å². The molecule has 2 aromatic carbocycles. The van der Waals surface area contributed by atoms with Crippen molar-refractivity contribution in [3.8, 4) is 16.5 Å². The minimum Gasteiger partial charge on any atom is -0.491 e. The van der Waals surface area contributed by atoms with Crippen LogP contribution in [0.2, 0.25) is 5.02 Å². The maximum atomic E-state index is 12.3. The second-order valence-electron chi connectivity index (χ2n) is 11.3. The molecule has 1 aliphatic heterocycles. The quantitative estimate of drug-likeness (QED) is 0.246. The van der Waals surface area contributed by atoms with Gasteiger partial charge in [-0.2, -0.15) is 0 Å². The van der Waals surface area contributed by atoms with Crippen LogP contribution in [0.1, 0.15) is 49.0 Å². The first-order valence-corrected chi connectivity index (χ1v) is 15.3. The topological polar surface area (TPSA) is 112 Å². The van der Waals surface area contributed by atoms with E-state index in [2.05, 4.69) is 9.88 Å². The van der Waals surface area contributed by atoms with E-state index in [9.17, 15) is 9.59 Å². The molecule has 0 aliphatic carbocycles. The normalized spacial score (nSPS) is 15.0. The largest absolute Gasteiger partial charge is 0.491 e. The molecule has 0 radical (unpaired) electrons. The summed E-state index contributed by atoms with van der Waals surface area (Å²) in [6.07, 6.45) is 0.949. The van der Waals surface area contributed by atoms with Crippen LogP contribution in [0.4, 0.5) is 4.79 Å². The van der Waals surface area contributed by atoms with Crippen LogP contribution in [0.3, 0.4) is 0 Å². The lowest BCUT2D eigenvalue weighted by atomic mass is 10.1. The molecule has 1 fully saturated rings. The Labute approximate surface area is 259 Å². The summed E-state index contributed by atoms with van der Waals surface area (Å²) in [5.74, 6) is 0.358. The number of hydrogen-bond acceptors (Lipinski definition) is 8. The van der Waals surface area contributed by atoms with Crippen LogP contribution < -0.4 is 15.2 Å². The zero-order valence-corrected chi connectivity index (χ0v) is 26.3. The van der Waals surface area contributed by atoms with Gasteiger partial charge in [0.25, 0.3) is 5.91 Å². The van der Waals surface area contributed by atoms with E-state index in [4.69, 9.17) is 31.5 Å². The Kier molecular flexibility index (Phi) is 9.14. The van der Waals surface area contributed by atoms with Gasteiger partial charge in [0, 0.05) is 44.4 Å². The maximum absolute atomic E-state index is 12.3. The van der Waals surface area contributed by atoms with Gasteiger partial charge in [-0.15, -0.1) is 11.3 Å². The minimum atomic E-state index is -0.571. The summed E-state index contributed by atoms with van der Waals surface area (Å²) < 4.78 is 19.7. The molecule has 43 heavy (non-hydrogen) atoms. The van der Waals surface area contributed by atoms with Gasteiger partial charge in [-0.05, 0) is 45.9 Å². The fourth-order valence-electron chi connectivity index (χ4n) is 4.85. The molecule has 2 amide bonds. The van der Waals surface area contributed by atoms with E-state index < -0.39 is 17.6 Å². The Balaban J connectivity index is 1.20. The lowest BCUT2D eigenvalue weighted by molar-refractivity contribution is 0.0137. The van der Waals surface area contributed by atoms with E-state index in [-0.39, 0.29) is 6.09 Å². The SMILES string of the molecule is CC(Oc1cc(-n2cnc3ccccc32)sc1C(N)=O)c1cccc(OCCN2CCN(C(=O)OC(C)(C)C)CC2)c1Cl. The van der Waals surface area contributed by atoms with Crippen molar-refractivity contribution in [3.05, 3.63) is 70.3 Å². The highest BCUT2D eigenvalue weighted by atomic mass is 35.5. The number of para-hydroxylation sites is 2. The van der Waals surface area contributed by atoms with Crippen LogP contribution in [0.5, 0.6) is 11.5 Å². The average molecular weight is 626 g/mol. The van der Waals surface area contributed by atoms with E-state index in [1.54, 1.807) is 17.3 Å². The number of amides is 2. The molecular weight excluding hydrogens is 590 g/mol. The summed E-state index contributed by atoms with van der Waals surface area (Å²) >= 11 is 8.02. The van der Waals surface area contributed by atoms with E-state index >= 15 is 0 Å². The summed E-state index contributed by atoms with van der Waals surface area (Å²) in [7, 11) is 0. The number of nitrogens with two attached hydrogens (primary N) is 1. The first kappa shape index (κ1) is 30.7. The molecule has 10 nitrogen and oxygen atoms in total. The number of imidazole rings is 1. The van der Waals surface area contributed by atoms with Crippen LogP contribution in [-0.2, 0) is 4.74 Å². The summed E-state index contributed by atoms with van der Waals surface area (Å²) in [6, 6.07) is 15.1. The molecule has 1 atom stereocenters. The summed E-state index contributed by atoms with van der Waals surface area (Å²) in [6.45, 7) is 11.3. The molecule has 0 bridgehead atoms. The molecule has 228 valence electrons. The molecule has 5 rings (SSSR count). The highest BCUT2D eigenvalue weighted by molar-refractivity contribution is 7.16. The number of nitrogens with zero attached hydrogens (tertiary/aromatic N) is 4. The van der Waals surface area contributed by atoms with Crippen molar-refractivity contribution in [1.82, 2.24) is 19.4 Å². The van der Waals surface area contributed by atoms with Crippen LogP contribution in [-0.4, -0.2) is 76.3 Å². The Morgan fingerprint density at radius 1 is 1.07 bits per heavy atom. The number of piperazine rings is 1. The number of primary amides is 1. The summed E-state index contributed by atoms with van der Waals surface area (Å²) in [5.41, 5.74) is 7.69. The van der Waals surface area contributed by atoms with Gasteiger partial charge in [-0.1, -0.05) is 35.9 Å². The summed E-state index contributed by atoms with van der Waals surface area (Å²) in [5, 5.41) is 1.21. The second-order valence-corrected chi connectivity index (χ2v) is 12.7. The molecule has 1 aliphatic rings. The second kappa shape index (κ2) is 12.8. The molecule has 1 unspecified atom stereocenters. The Bertz CT molecular complexity index is 1610. The molecule has 2 N–H and O–H groups in total. The lowest BCUT2D eigenvalue weighted by Gasteiger charge is -2.35. The molecule has 0 saturated carbocycles. The Hall–Kier alpha value is -3.80. The van der Waals surface area contributed by atoms with Crippen molar-refractivity contribution in [2.24, 2.45) is 5.73 Å². The molecule has 2 aromatic heterocycles. The third-order valence-electron chi connectivity index (χ3n) is 7.02. The molecule has 0 spiro atoms. The van der Waals surface area contributed by atoms with E-state index in [0.29, 0.717) is 47.6 Å². The van der Waals surface area contributed by atoms with Crippen molar-refractivity contribution >= 4 is 46.0 Å². The van der Waals surface area contributed by atoms with Crippen molar-refractivity contribution < 1.29 is 23.8 Å². The number of benzene rings is 2. The van der Waals surface area contributed by atoms with Crippen LogP contribution in [0, 0.1) is 0 Å². The first-order chi connectivity index (χ1) is 20.5. The predicted octanol–water partition coefficient (Wildman–Crippen LogP) is 5.91. The number of carbonyl (C=O) groups excluding carboxylic acids is 2. The Morgan fingerprint density at radius 3 is 2.53 bits per heavy atom. The van der Waals surface area contributed by atoms with E-state index in [1.807, 2.05) is 74.7 Å². The standard InChI is InChI=1S/C31H36ClN5O5S/c1-20(41-25-18-26(43-28(25)29(33)38)37-19-34-22-9-5-6-10-23(22)37)21-8-7-11-24(27(21)32)40-17-16-35-12-14-36(15-13-35)30(39)42-31(2,3)4/h5-11,18-20H,12-17H2,1-4H3,(H2,33,38). The fraction of sp³-hybridized carbons (Fsp3) is 0.387. The number of ether oxygens (including phenoxy) is 3. The Morgan fingerprint density at radius 2 is 1.81 bits per heavy atom. The molecule has 3 heterocycles. The number of aromatic nitrogens is 2. The fourth-order valence-corrected chi connectivity index (χ4v) is 6.11. The molecule has 4 aromatic rings. The average Bonchev–Trinajstić information content (AvgIpc) is 3.58. The van der Waals surface area contributed by atoms with Crippen molar-refractivity contribution in [2.75, 3.05) is 39.3 Å². The minimum absolute atomic E-state index is 0.278. The van der Waals surface area contributed by atoms with Crippen molar-refractivity contribution in [3.63, 3.8) is 0 Å². The van der Waals surface area contributed by atoms with Gasteiger partial charge in [0.05, 0.1) is 16.1 Å². The van der Waals surface area contributed by atoms with Gasteiger partial charge in [-0.25, -0.2) is 9.78 Å². The van der Waals surface area contributed by atoms with E-state index in [1.165, 1.54) is 11.3 Å². The van der Waals surface area contributed by atoms with Gasteiger partial charge in [0.15, 0.2) is 0 Å². The highest BCUT2D eigenvalue weighted by Gasteiger charge is 2.26. The first-order valence-electron chi connectivity index (χ1n) is 14.1. The third kappa shape index (κ3) is 7.23. The van der Waals surface area contributed by atoms with Gasteiger partial charge in [0.2, 0.25) is 0 Å². The highest BCUT2D eigenvalue weighted by Crippen LogP contribution is 2.38. The van der Waals surface area contributed by atoms with Crippen LogP contribution in [0.15, 0.2) is 54.9 Å². The maximum Gasteiger partial charge on any atom is 0.410 e. The smallest absolute Gasteiger partial charge is 0.410 e. The summed E-state index contributed by atoms with van der Waals surface area (Å²) in [4.78, 5) is 33.4. The number of hydrogen-bond donors (Lipinski definition) is 1. The molecular formula is C31H36ClN5O5S. The van der Waals surface area contributed by atoms with Gasteiger partial charge in [-0.3, -0.25) is 14.3 Å². The number of carbonyl (C=O) groups is 2. The number of halogens is 1. The number of rotatable bonds is 9. The zero-order chi connectivity index (χ0) is 30.7. The van der Waals surface area contributed by atoms with Crippen molar-refractivity contribution in [1.29, 1.82) is 0 Å². The van der Waals surface area contributed by atoms with Gasteiger partial charge in [0.1, 0.15) is 46.0 Å². The predicted molar refractivity (Wildman–Crippen MR) is 168 cm³/mol. The van der Waals surface area contributed by atoms with Crippen molar-refractivity contribution in [2.45, 2.75) is 39.4 Å². The van der Waals surface area contributed by atoms with Gasteiger partial charge < -0.3 is 24.8 Å². The van der Waals surface area contributed by atoms with Crippen LogP contribution in [0.25, 0.3) is 16.0 Å². The lowest BCUT2D eigenvalue weighted by Crippen LogP contribution is -2.50.